The summed E-state index contributed by atoms with van der Waals surface area (Å²) in [6.45, 7) is -0.179. The van der Waals surface area contributed by atoms with Crippen LogP contribution in [0.5, 0.6) is 0 Å². The Bertz CT molecular complexity index is 1110. The normalized spacial score (nSPS) is 13.2. The molecule has 2 aromatic carbocycles. The number of esters is 1. The third-order valence-corrected chi connectivity index (χ3v) is 5.14. The summed E-state index contributed by atoms with van der Waals surface area (Å²) in [5.41, 5.74) is -0.956. The summed E-state index contributed by atoms with van der Waals surface area (Å²) in [4.78, 5) is 47.4. The van der Waals surface area contributed by atoms with Crippen LogP contribution >= 0.6 is 0 Å². The molecule has 3 amide bonds. The van der Waals surface area contributed by atoms with E-state index in [9.17, 15) is 28.0 Å². The summed E-state index contributed by atoms with van der Waals surface area (Å²) >= 11 is 0. The molecule has 0 unspecified atom stereocenters. The quantitative estimate of drug-likeness (QED) is 0.376. The average molecular weight is 530 g/mol. The van der Waals surface area contributed by atoms with Gasteiger partial charge in [0, 0.05) is 12.1 Å². The zero-order chi connectivity index (χ0) is 23.5. The summed E-state index contributed by atoms with van der Waals surface area (Å²) in [6, 6.07) is 7.97. The smallest absolute Gasteiger partial charge is 0.648 e. The molecule has 0 aliphatic heterocycles. The second-order valence-electron chi connectivity index (χ2n) is 7.21. The largest absolute Gasteiger partial charge is 1.00 e. The molecule has 0 heterocycles. The number of ether oxygens (including phenoxy) is 1. The fourth-order valence-electron chi connectivity index (χ4n) is 3.18. The van der Waals surface area contributed by atoms with Crippen LogP contribution in [0, 0.1) is 11.6 Å². The van der Waals surface area contributed by atoms with Crippen molar-refractivity contribution in [2.75, 3.05) is 14.2 Å². The number of nitrogens with one attached hydrogen (secondary N) is 2. The Morgan fingerprint density at radius 3 is 2.36 bits per heavy atom. The number of carbonyl (C=O) groups excluding carboxylic acids is 4. The molecule has 11 heteroatoms. The number of benzene rings is 2. The van der Waals surface area contributed by atoms with Gasteiger partial charge in [0.1, 0.15) is 28.6 Å². The van der Waals surface area contributed by atoms with Gasteiger partial charge >= 0.3 is 64.2 Å². The summed E-state index contributed by atoms with van der Waals surface area (Å²) < 4.78 is 33.4. The molecular formula is C22H20F2N3O5Rb. The topological polar surface area (TPSA) is 116 Å². The molecule has 1 fully saturated rings. The van der Waals surface area contributed by atoms with Crippen LogP contribution in [0.1, 0.15) is 28.8 Å². The third kappa shape index (κ3) is 6.11. The summed E-state index contributed by atoms with van der Waals surface area (Å²) in [7, 11) is 2.29. The molecular weight excluding hydrogens is 510 g/mol. The average Bonchev–Trinajstić information content (AvgIpc) is 3.57. The summed E-state index contributed by atoms with van der Waals surface area (Å²) in [5, 5.41) is 8.14. The van der Waals surface area contributed by atoms with Gasteiger partial charge in [0.2, 0.25) is 5.91 Å². The minimum absolute atomic E-state index is 0. The Balaban J connectivity index is 0.00000385. The van der Waals surface area contributed by atoms with Gasteiger partial charge in [-0.05, 0) is 36.1 Å². The Morgan fingerprint density at radius 2 is 1.79 bits per heavy atom. The Morgan fingerprint density at radius 1 is 1.09 bits per heavy atom. The molecule has 168 valence electrons. The molecule has 0 spiro atoms. The van der Waals surface area contributed by atoms with Crippen LogP contribution in [0.2, 0.25) is 0 Å². The van der Waals surface area contributed by atoms with E-state index in [2.05, 4.69) is 20.7 Å². The van der Waals surface area contributed by atoms with Crippen LogP contribution in [0.3, 0.4) is 0 Å². The number of rotatable bonds is 6. The molecule has 0 radical (unpaired) electrons. The fraction of sp³-hybridized carbons (Fsp3) is 0.273. The number of hydrogen-bond donors (Lipinski definition) is 2. The van der Waals surface area contributed by atoms with Gasteiger partial charge in [0.15, 0.2) is 0 Å². The van der Waals surface area contributed by atoms with Gasteiger partial charge in [-0.1, -0.05) is 24.3 Å². The molecule has 1 aliphatic carbocycles. The number of nitrogens with zero attached hydrogens (tertiary/aromatic N) is 1. The maximum atomic E-state index is 14.7. The van der Waals surface area contributed by atoms with Crippen molar-refractivity contribution in [1.82, 2.24) is 10.6 Å². The van der Waals surface area contributed by atoms with E-state index < -0.39 is 40.9 Å². The monoisotopic (exact) mass is 529 g/mol. The Kier molecular flexibility index (Phi) is 9.42. The molecule has 0 aromatic heterocycles. The van der Waals surface area contributed by atoms with Gasteiger partial charge in [0.25, 0.3) is 5.91 Å². The Hall–Kier alpha value is -2.01. The second-order valence-corrected chi connectivity index (χ2v) is 7.21. The fourth-order valence-corrected chi connectivity index (χ4v) is 3.18. The number of halogens is 2. The molecule has 0 saturated heterocycles. The first-order valence-corrected chi connectivity index (χ1v) is 9.62. The van der Waals surface area contributed by atoms with Crippen molar-refractivity contribution < 1.29 is 90.9 Å². The third-order valence-electron chi connectivity index (χ3n) is 5.14. The molecule has 1 aliphatic rings. The van der Waals surface area contributed by atoms with Crippen LogP contribution in [0.25, 0.3) is 16.4 Å². The van der Waals surface area contributed by atoms with E-state index in [0.717, 1.165) is 19.2 Å². The predicted octanol–water partition coefficient (Wildman–Crippen LogP) is -0.782. The first-order chi connectivity index (χ1) is 15.2. The van der Waals surface area contributed by atoms with Crippen molar-refractivity contribution in [3.05, 3.63) is 64.5 Å². The molecule has 3 rings (SSSR count). The van der Waals surface area contributed by atoms with Gasteiger partial charge in [-0.2, -0.15) is 0 Å². The van der Waals surface area contributed by atoms with Gasteiger partial charge in [0.05, 0.1) is 7.11 Å². The number of likely N-dealkylation sites (N-methyl/N-ethyl adjacent to an activating group) is 1. The van der Waals surface area contributed by atoms with Crippen molar-refractivity contribution in [3.63, 3.8) is 0 Å². The van der Waals surface area contributed by atoms with Gasteiger partial charge < -0.3 is 25.5 Å². The molecule has 2 aromatic rings. The van der Waals surface area contributed by atoms with E-state index in [1.54, 1.807) is 0 Å². The van der Waals surface area contributed by atoms with Crippen LogP contribution in [-0.4, -0.2) is 43.4 Å². The SMILES string of the molecule is C[N-]C(=O)C(=O)NC1(C(=O)NCc2ccc(-c3cccc(F)c3C(=O)OC)cc2F)CC1.[Rb+]. The van der Waals surface area contributed by atoms with Gasteiger partial charge in [-0.3, -0.25) is 9.59 Å². The molecule has 2 N–H and O–H groups in total. The number of methoxy groups -OCH3 is 1. The number of amides is 3. The van der Waals surface area contributed by atoms with Gasteiger partial charge in [-0.25, -0.2) is 13.6 Å². The zero-order valence-electron chi connectivity index (χ0n) is 18.3. The van der Waals surface area contributed by atoms with Crippen LogP contribution in [0.15, 0.2) is 36.4 Å². The van der Waals surface area contributed by atoms with Crippen molar-refractivity contribution in [2.45, 2.75) is 24.9 Å². The minimum Gasteiger partial charge on any atom is -0.648 e. The van der Waals surface area contributed by atoms with E-state index in [1.807, 2.05) is 0 Å². The number of carbonyl (C=O) groups is 4. The van der Waals surface area contributed by atoms with E-state index in [4.69, 9.17) is 0 Å². The van der Waals surface area contributed by atoms with E-state index in [-0.39, 0.29) is 87.0 Å². The van der Waals surface area contributed by atoms with E-state index >= 15 is 0 Å². The molecule has 1 saturated carbocycles. The first kappa shape index (κ1) is 27.2. The molecule has 0 atom stereocenters. The minimum atomic E-state index is -1.20. The van der Waals surface area contributed by atoms with Crippen LogP contribution < -0.4 is 68.8 Å². The standard InChI is InChI=1S/C22H21F2N3O5.Rb/c1-25-18(28)19(29)27-22(8-9-22)21(31)26-11-13-7-6-12(10-16(13)24)14-4-3-5-15(23)17(14)20(30)32-2;/h3-7,10H,8-9,11H2,1-2H3,(H3,25,26,27,28,29,31);/q;+1/p-1. The summed E-state index contributed by atoms with van der Waals surface area (Å²) in [5.74, 6) is -4.88. The van der Waals surface area contributed by atoms with Crippen molar-refractivity contribution >= 4 is 23.7 Å². The second kappa shape index (κ2) is 11.4. The Labute approximate surface area is 237 Å². The van der Waals surface area contributed by atoms with Crippen LogP contribution in [0.4, 0.5) is 8.78 Å². The maximum absolute atomic E-state index is 14.7. The van der Waals surface area contributed by atoms with E-state index in [0.29, 0.717) is 12.8 Å². The summed E-state index contributed by atoms with van der Waals surface area (Å²) in [6.07, 6.45) is 0.692. The van der Waals surface area contributed by atoms with Crippen LogP contribution in [-0.2, 0) is 25.7 Å². The van der Waals surface area contributed by atoms with Crippen molar-refractivity contribution in [2.24, 2.45) is 0 Å². The molecule has 8 nitrogen and oxygen atoms in total. The zero-order valence-corrected chi connectivity index (χ0v) is 23.2. The van der Waals surface area contributed by atoms with Crippen molar-refractivity contribution in [3.8, 4) is 11.1 Å². The molecule has 0 bridgehead atoms. The van der Waals surface area contributed by atoms with E-state index in [1.165, 1.54) is 31.3 Å². The molecule has 33 heavy (non-hydrogen) atoms. The first-order valence-electron chi connectivity index (χ1n) is 9.62. The van der Waals surface area contributed by atoms with Crippen molar-refractivity contribution in [1.29, 1.82) is 0 Å². The predicted molar refractivity (Wildman–Crippen MR) is 109 cm³/mol. The maximum Gasteiger partial charge on any atom is 1.00 e. The number of hydrogen-bond acceptors (Lipinski definition) is 5. The van der Waals surface area contributed by atoms with Gasteiger partial charge in [-0.15, -0.1) is 7.05 Å².